The van der Waals surface area contributed by atoms with Crippen LogP contribution in [0.5, 0.6) is 0 Å². The third kappa shape index (κ3) is 5.54. The average Bonchev–Trinajstić information content (AvgIpc) is 3.63. The van der Waals surface area contributed by atoms with Crippen molar-refractivity contribution in [3.8, 4) is 0 Å². The Morgan fingerprint density at radius 3 is 2.03 bits per heavy atom. The Bertz CT molecular complexity index is 1330. The molecular weight excluding hydrogens is 505 g/mol. The van der Waals surface area contributed by atoms with Crippen LogP contribution in [-0.2, 0) is 26.0 Å². The van der Waals surface area contributed by atoms with E-state index < -0.39 is 42.5 Å². The van der Waals surface area contributed by atoms with Gasteiger partial charge in [-0.25, -0.2) is 16.8 Å². The minimum atomic E-state index is -4.66. The first-order chi connectivity index (χ1) is 16.3. The van der Waals surface area contributed by atoms with Crippen LogP contribution in [-0.4, -0.2) is 63.4 Å². The highest BCUT2D eigenvalue weighted by Crippen LogP contribution is 2.38. The fourth-order valence-corrected chi connectivity index (χ4v) is 6.98. The summed E-state index contributed by atoms with van der Waals surface area (Å²) in [5, 5.41) is 0. The van der Waals surface area contributed by atoms with Gasteiger partial charge in [0.2, 0.25) is 10.0 Å². The molecule has 190 valence electrons. The maximum atomic E-state index is 13.4. The number of piperidine rings is 1. The SMILES string of the molecule is CS(=O)(=O)c1cccc(C(=O)N2CCC(N(C3CC3)S(=O)(=O)c3cccc(C(F)(F)F)c3)CC2)c1. The van der Waals surface area contributed by atoms with Crippen molar-refractivity contribution < 1.29 is 34.8 Å². The minimum absolute atomic E-state index is 0.0327. The molecule has 4 rings (SSSR count). The number of hydrogen-bond acceptors (Lipinski definition) is 5. The van der Waals surface area contributed by atoms with Crippen molar-refractivity contribution >= 4 is 25.8 Å². The topological polar surface area (TPSA) is 91.8 Å². The van der Waals surface area contributed by atoms with Gasteiger partial charge in [-0.15, -0.1) is 0 Å². The van der Waals surface area contributed by atoms with Gasteiger partial charge in [0.25, 0.3) is 5.91 Å². The summed E-state index contributed by atoms with van der Waals surface area (Å²) in [6.07, 6.45) is -1.68. The molecule has 1 amide bonds. The first-order valence-corrected chi connectivity index (χ1v) is 14.4. The largest absolute Gasteiger partial charge is 0.416 e. The molecule has 0 bridgehead atoms. The average molecular weight is 531 g/mol. The highest BCUT2D eigenvalue weighted by atomic mass is 32.2. The van der Waals surface area contributed by atoms with Crippen LogP contribution < -0.4 is 0 Å². The van der Waals surface area contributed by atoms with E-state index in [2.05, 4.69) is 0 Å². The van der Waals surface area contributed by atoms with Gasteiger partial charge in [-0.05, 0) is 62.1 Å². The number of hydrogen-bond donors (Lipinski definition) is 0. The molecule has 12 heteroatoms. The second-order valence-corrected chi connectivity index (χ2v) is 12.8. The molecular formula is C23H25F3N2O5S2. The summed E-state index contributed by atoms with van der Waals surface area (Å²) in [4.78, 5) is 14.1. The van der Waals surface area contributed by atoms with Gasteiger partial charge in [0.15, 0.2) is 9.84 Å². The lowest BCUT2D eigenvalue weighted by molar-refractivity contribution is -0.137. The second kappa shape index (κ2) is 9.21. The van der Waals surface area contributed by atoms with E-state index in [1.165, 1.54) is 34.6 Å². The van der Waals surface area contributed by atoms with E-state index in [-0.39, 0.29) is 35.5 Å². The van der Waals surface area contributed by atoms with Crippen molar-refractivity contribution in [3.63, 3.8) is 0 Å². The second-order valence-electron chi connectivity index (χ2n) is 8.92. The molecule has 0 unspecified atom stereocenters. The summed E-state index contributed by atoms with van der Waals surface area (Å²) >= 11 is 0. The number of sulfone groups is 1. The van der Waals surface area contributed by atoms with Gasteiger partial charge in [0, 0.05) is 37.0 Å². The van der Waals surface area contributed by atoms with Crippen LogP contribution in [0.2, 0.25) is 0 Å². The van der Waals surface area contributed by atoms with Crippen LogP contribution in [0.25, 0.3) is 0 Å². The van der Waals surface area contributed by atoms with Crippen LogP contribution in [0, 0.1) is 0 Å². The van der Waals surface area contributed by atoms with Crippen molar-refractivity contribution in [1.29, 1.82) is 0 Å². The van der Waals surface area contributed by atoms with Gasteiger partial charge in [-0.3, -0.25) is 4.79 Å². The van der Waals surface area contributed by atoms with Crippen molar-refractivity contribution in [3.05, 3.63) is 59.7 Å². The van der Waals surface area contributed by atoms with E-state index in [4.69, 9.17) is 0 Å². The Labute approximate surface area is 202 Å². The summed E-state index contributed by atoms with van der Waals surface area (Å²) in [6, 6.07) is 8.79. The highest BCUT2D eigenvalue weighted by molar-refractivity contribution is 7.90. The first-order valence-electron chi connectivity index (χ1n) is 11.1. The number of carbonyl (C=O) groups is 1. The standard InChI is InChI=1S/C23H25F3N2O5S2/c1-34(30,31)20-6-2-4-16(14-20)22(29)27-12-10-19(11-13-27)28(18-8-9-18)35(32,33)21-7-3-5-17(15-21)23(24,25)26/h2-7,14-15,18-19H,8-13H2,1H3. The molecule has 35 heavy (non-hydrogen) atoms. The lowest BCUT2D eigenvalue weighted by Gasteiger charge is -2.38. The zero-order valence-corrected chi connectivity index (χ0v) is 20.5. The molecule has 0 radical (unpaired) electrons. The minimum Gasteiger partial charge on any atom is -0.339 e. The van der Waals surface area contributed by atoms with E-state index >= 15 is 0 Å². The molecule has 1 heterocycles. The molecule has 1 aliphatic heterocycles. The predicted molar refractivity (Wildman–Crippen MR) is 122 cm³/mol. The predicted octanol–water partition coefficient (Wildman–Crippen LogP) is 3.57. The van der Waals surface area contributed by atoms with Crippen molar-refractivity contribution in [2.24, 2.45) is 0 Å². The van der Waals surface area contributed by atoms with Crippen LogP contribution in [0.1, 0.15) is 41.6 Å². The Hall–Kier alpha value is -2.44. The van der Waals surface area contributed by atoms with Crippen molar-refractivity contribution in [2.45, 2.75) is 53.7 Å². The fourth-order valence-electron chi connectivity index (χ4n) is 4.34. The molecule has 0 atom stereocenters. The zero-order chi connectivity index (χ0) is 25.6. The molecule has 0 aromatic heterocycles. The summed E-state index contributed by atoms with van der Waals surface area (Å²) in [5.41, 5.74) is -0.798. The molecule has 0 N–H and O–H groups in total. The van der Waals surface area contributed by atoms with E-state index in [0.29, 0.717) is 31.7 Å². The van der Waals surface area contributed by atoms with Crippen molar-refractivity contribution in [2.75, 3.05) is 19.3 Å². The number of alkyl halides is 3. The molecule has 1 saturated carbocycles. The Kier molecular flexibility index (Phi) is 6.75. The van der Waals surface area contributed by atoms with Crippen LogP contribution >= 0.6 is 0 Å². The smallest absolute Gasteiger partial charge is 0.339 e. The molecule has 2 fully saturated rings. The summed E-state index contributed by atoms with van der Waals surface area (Å²) < 4.78 is 91.2. The zero-order valence-electron chi connectivity index (χ0n) is 18.9. The number of benzene rings is 2. The molecule has 7 nitrogen and oxygen atoms in total. The molecule has 2 aromatic rings. The Morgan fingerprint density at radius 2 is 1.46 bits per heavy atom. The molecule has 0 spiro atoms. The third-order valence-electron chi connectivity index (χ3n) is 6.26. The first kappa shape index (κ1) is 25.6. The molecule has 1 aliphatic carbocycles. The number of likely N-dealkylation sites (tertiary alicyclic amines) is 1. The maximum Gasteiger partial charge on any atom is 0.416 e. The van der Waals surface area contributed by atoms with Gasteiger partial charge in [-0.1, -0.05) is 12.1 Å². The number of sulfonamides is 1. The number of rotatable bonds is 6. The number of amides is 1. The van der Waals surface area contributed by atoms with Crippen molar-refractivity contribution in [1.82, 2.24) is 9.21 Å². The summed E-state index contributed by atoms with van der Waals surface area (Å²) in [7, 11) is -7.65. The maximum absolute atomic E-state index is 13.4. The van der Waals surface area contributed by atoms with Gasteiger partial charge >= 0.3 is 6.18 Å². The molecule has 2 aliphatic rings. The molecule has 1 saturated heterocycles. The monoisotopic (exact) mass is 530 g/mol. The normalized spacial score (nSPS) is 18.1. The Balaban J connectivity index is 1.51. The fraction of sp³-hybridized carbons (Fsp3) is 0.435. The van der Waals surface area contributed by atoms with Gasteiger partial charge in [0.05, 0.1) is 15.4 Å². The highest BCUT2D eigenvalue weighted by Gasteiger charge is 2.44. The lowest BCUT2D eigenvalue weighted by Crippen LogP contribution is -2.49. The quantitative estimate of drug-likeness (QED) is 0.570. The summed E-state index contributed by atoms with van der Waals surface area (Å²) in [6.45, 7) is 0.488. The lowest BCUT2D eigenvalue weighted by atomic mass is 10.0. The van der Waals surface area contributed by atoms with E-state index in [0.717, 1.165) is 18.4 Å². The van der Waals surface area contributed by atoms with E-state index in [1.807, 2.05) is 0 Å². The van der Waals surface area contributed by atoms with Crippen LogP contribution in [0.15, 0.2) is 58.3 Å². The van der Waals surface area contributed by atoms with E-state index in [9.17, 15) is 34.8 Å². The number of nitrogens with zero attached hydrogens (tertiary/aromatic N) is 2. The van der Waals surface area contributed by atoms with Gasteiger partial charge < -0.3 is 4.90 Å². The van der Waals surface area contributed by atoms with Crippen LogP contribution in [0.3, 0.4) is 0 Å². The Morgan fingerprint density at radius 1 is 0.886 bits per heavy atom. The third-order valence-corrected chi connectivity index (χ3v) is 9.38. The summed E-state index contributed by atoms with van der Waals surface area (Å²) in [5.74, 6) is -0.354. The molecule has 2 aromatic carbocycles. The van der Waals surface area contributed by atoms with Crippen LogP contribution in [0.4, 0.5) is 13.2 Å². The van der Waals surface area contributed by atoms with E-state index in [1.54, 1.807) is 4.90 Å². The van der Waals surface area contributed by atoms with Gasteiger partial charge in [-0.2, -0.15) is 17.5 Å². The number of halogens is 3. The van der Waals surface area contributed by atoms with Gasteiger partial charge in [0.1, 0.15) is 0 Å². The number of carbonyl (C=O) groups excluding carboxylic acids is 1.